The summed E-state index contributed by atoms with van der Waals surface area (Å²) in [4.78, 5) is 27.5. The predicted octanol–water partition coefficient (Wildman–Crippen LogP) is 4.78. The summed E-state index contributed by atoms with van der Waals surface area (Å²) in [7, 11) is 1.58. The Morgan fingerprint density at radius 3 is 2.58 bits per heavy atom. The Balaban J connectivity index is 2.29. The molecule has 0 N–H and O–H groups in total. The summed E-state index contributed by atoms with van der Waals surface area (Å²) < 4.78 is 10.7. The number of carbonyl (C=O) groups excluding carboxylic acids is 1. The van der Waals surface area contributed by atoms with E-state index in [2.05, 4.69) is 28.7 Å². The number of pyridine rings is 1. The van der Waals surface area contributed by atoms with Crippen molar-refractivity contribution in [3.05, 3.63) is 47.4 Å². The van der Waals surface area contributed by atoms with Crippen molar-refractivity contribution >= 4 is 40.5 Å². The van der Waals surface area contributed by atoms with Gasteiger partial charge in [0, 0.05) is 54.3 Å². The number of ether oxygens (including phenoxy) is 2. The molecule has 0 saturated heterocycles. The van der Waals surface area contributed by atoms with Gasteiger partial charge in [-0.2, -0.15) is 0 Å². The number of benzene rings is 1. The van der Waals surface area contributed by atoms with Gasteiger partial charge in [-0.25, -0.2) is 14.8 Å². The Kier molecular flexibility index (Phi) is 7.41. The highest BCUT2D eigenvalue weighted by atomic mass is 35.5. The molecule has 8 heteroatoms. The zero-order valence-electron chi connectivity index (χ0n) is 18.1. The first-order chi connectivity index (χ1) is 15.0. The molecule has 3 aromatic rings. The van der Waals surface area contributed by atoms with Crippen LogP contribution >= 0.6 is 11.6 Å². The van der Waals surface area contributed by atoms with E-state index in [0.717, 1.165) is 29.6 Å². The first-order valence-electron chi connectivity index (χ1n) is 10.1. The van der Waals surface area contributed by atoms with Crippen molar-refractivity contribution in [2.75, 3.05) is 31.7 Å². The molecular weight excluding hydrogens is 416 g/mol. The van der Waals surface area contributed by atoms with E-state index in [9.17, 15) is 4.79 Å². The third-order valence-corrected chi connectivity index (χ3v) is 5.00. The lowest BCUT2D eigenvalue weighted by molar-refractivity contribution is -0.137. The number of hydrogen-bond acceptors (Lipinski definition) is 7. The fourth-order valence-electron chi connectivity index (χ4n) is 3.32. The second-order valence-electron chi connectivity index (χ2n) is 6.63. The minimum atomic E-state index is -0.429. The van der Waals surface area contributed by atoms with Gasteiger partial charge in [0.15, 0.2) is 5.75 Å². The molecule has 3 rings (SSSR count). The summed E-state index contributed by atoms with van der Waals surface area (Å²) >= 11 is 6.19. The van der Waals surface area contributed by atoms with E-state index in [-0.39, 0.29) is 0 Å². The molecule has 0 fully saturated rings. The summed E-state index contributed by atoms with van der Waals surface area (Å²) in [5, 5.41) is 1.32. The van der Waals surface area contributed by atoms with Crippen LogP contribution in [0.4, 0.5) is 5.95 Å². The van der Waals surface area contributed by atoms with Gasteiger partial charge in [-0.05, 0) is 44.5 Å². The third-order valence-electron chi connectivity index (χ3n) is 4.80. The van der Waals surface area contributed by atoms with Gasteiger partial charge < -0.3 is 14.4 Å². The van der Waals surface area contributed by atoms with Gasteiger partial charge in [0.25, 0.3) is 0 Å². The topological polar surface area (TPSA) is 77.4 Å². The Morgan fingerprint density at radius 1 is 1.16 bits per heavy atom. The number of fused-ring (bicyclic) bond motifs is 1. The molecule has 0 unspecified atom stereocenters. The van der Waals surface area contributed by atoms with Crippen LogP contribution in [0.5, 0.6) is 5.75 Å². The Morgan fingerprint density at radius 2 is 1.94 bits per heavy atom. The smallest absolute Gasteiger partial charge is 0.330 e. The lowest BCUT2D eigenvalue weighted by atomic mass is 9.98. The molecule has 0 aliphatic carbocycles. The predicted molar refractivity (Wildman–Crippen MR) is 124 cm³/mol. The number of halogens is 1. The van der Waals surface area contributed by atoms with Crippen LogP contribution in [-0.2, 0) is 9.53 Å². The average molecular weight is 441 g/mol. The van der Waals surface area contributed by atoms with Crippen LogP contribution in [0.15, 0.2) is 36.8 Å². The van der Waals surface area contributed by atoms with Gasteiger partial charge >= 0.3 is 5.97 Å². The van der Waals surface area contributed by atoms with E-state index < -0.39 is 5.97 Å². The zero-order chi connectivity index (χ0) is 22.4. The van der Waals surface area contributed by atoms with Crippen LogP contribution in [0, 0.1) is 0 Å². The average Bonchev–Trinajstić information content (AvgIpc) is 2.77. The molecule has 0 spiro atoms. The minimum Gasteiger partial charge on any atom is -0.494 e. The summed E-state index contributed by atoms with van der Waals surface area (Å²) in [5.74, 6) is 0.727. The molecule has 162 valence electrons. The number of hydrogen-bond donors (Lipinski definition) is 0. The maximum atomic E-state index is 11.9. The van der Waals surface area contributed by atoms with Gasteiger partial charge in [-0.1, -0.05) is 11.6 Å². The Hall–Kier alpha value is -3.19. The maximum Gasteiger partial charge on any atom is 0.330 e. The van der Waals surface area contributed by atoms with Gasteiger partial charge in [0.1, 0.15) is 5.52 Å². The second-order valence-corrected chi connectivity index (χ2v) is 7.06. The highest BCUT2D eigenvalue weighted by Gasteiger charge is 2.17. The van der Waals surface area contributed by atoms with Crippen LogP contribution < -0.4 is 9.64 Å². The molecule has 2 heterocycles. The lowest BCUT2D eigenvalue weighted by Crippen LogP contribution is -2.24. The first kappa shape index (κ1) is 22.5. The van der Waals surface area contributed by atoms with Crippen LogP contribution in [0.3, 0.4) is 0 Å². The molecule has 0 radical (unpaired) electrons. The van der Waals surface area contributed by atoms with Crippen molar-refractivity contribution < 1.29 is 14.3 Å². The summed E-state index contributed by atoms with van der Waals surface area (Å²) in [6.45, 7) is 7.72. The van der Waals surface area contributed by atoms with E-state index in [0.29, 0.717) is 34.4 Å². The number of carbonyl (C=O) groups is 1. The normalized spacial score (nSPS) is 11.1. The van der Waals surface area contributed by atoms with E-state index in [1.165, 1.54) is 6.08 Å². The maximum absolute atomic E-state index is 11.9. The number of aromatic nitrogens is 3. The van der Waals surface area contributed by atoms with Crippen molar-refractivity contribution in [3.63, 3.8) is 0 Å². The van der Waals surface area contributed by atoms with Crippen molar-refractivity contribution in [2.24, 2.45) is 0 Å². The number of anilines is 1. The highest BCUT2D eigenvalue weighted by molar-refractivity contribution is 6.30. The monoisotopic (exact) mass is 440 g/mol. The molecular formula is C23H25ClN4O3. The Bertz CT molecular complexity index is 1110. The fraction of sp³-hybridized carbons (Fsp3) is 0.304. The van der Waals surface area contributed by atoms with E-state index >= 15 is 0 Å². The highest BCUT2D eigenvalue weighted by Crippen LogP contribution is 2.38. The second kappa shape index (κ2) is 10.2. The van der Waals surface area contributed by atoms with E-state index in [1.54, 1.807) is 38.7 Å². The molecule has 0 aliphatic rings. The molecule has 0 amide bonds. The van der Waals surface area contributed by atoms with Crippen LogP contribution in [0.1, 0.15) is 26.3 Å². The SMILES string of the molecule is CCOC(=O)/C=C/c1cc(-c2cncc(Cl)c2)c2cnc(N(CC)CC)nc2c1OC. The van der Waals surface area contributed by atoms with Crippen molar-refractivity contribution in [2.45, 2.75) is 20.8 Å². The summed E-state index contributed by atoms with van der Waals surface area (Å²) in [6.07, 6.45) is 8.13. The number of esters is 1. The fourth-order valence-corrected chi connectivity index (χ4v) is 3.50. The minimum absolute atomic E-state index is 0.303. The summed E-state index contributed by atoms with van der Waals surface area (Å²) in [6, 6.07) is 3.73. The molecule has 0 aliphatic heterocycles. The molecule has 0 saturated carbocycles. The van der Waals surface area contributed by atoms with Gasteiger partial charge in [0.2, 0.25) is 5.95 Å². The van der Waals surface area contributed by atoms with Crippen LogP contribution in [0.2, 0.25) is 5.02 Å². The number of nitrogens with zero attached hydrogens (tertiary/aromatic N) is 4. The van der Waals surface area contributed by atoms with Crippen molar-refractivity contribution in [3.8, 4) is 16.9 Å². The molecule has 31 heavy (non-hydrogen) atoms. The van der Waals surface area contributed by atoms with Crippen LogP contribution in [0.25, 0.3) is 28.1 Å². The molecule has 1 aromatic carbocycles. The lowest BCUT2D eigenvalue weighted by Gasteiger charge is -2.20. The Labute approximate surface area is 186 Å². The molecule has 0 bridgehead atoms. The third kappa shape index (κ3) is 4.94. The van der Waals surface area contributed by atoms with Gasteiger partial charge in [-0.3, -0.25) is 4.98 Å². The van der Waals surface area contributed by atoms with E-state index in [4.69, 9.17) is 26.1 Å². The molecule has 7 nitrogen and oxygen atoms in total. The first-order valence-corrected chi connectivity index (χ1v) is 10.5. The zero-order valence-corrected chi connectivity index (χ0v) is 18.8. The van der Waals surface area contributed by atoms with E-state index in [1.807, 2.05) is 12.1 Å². The van der Waals surface area contributed by atoms with Crippen LogP contribution in [-0.4, -0.2) is 47.7 Å². The van der Waals surface area contributed by atoms with Crippen molar-refractivity contribution in [1.29, 1.82) is 0 Å². The number of methoxy groups -OCH3 is 1. The van der Waals surface area contributed by atoms with Crippen molar-refractivity contribution in [1.82, 2.24) is 15.0 Å². The quantitative estimate of drug-likeness (QED) is 0.368. The standard InChI is InChI=1S/C23H25ClN4O3/c1-5-28(6-2)23-26-14-19-18(16-10-17(24)13-25-12-16)11-15(8-9-20(29)31-7-3)22(30-4)21(19)27-23/h8-14H,5-7H2,1-4H3/b9-8+. The van der Waals surface area contributed by atoms with Gasteiger partial charge in [0.05, 0.1) is 18.7 Å². The number of rotatable bonds is 8. The summed E-state index contributed by atoms with van der Waals surface area (Å²) in [5.41, 5.74) is 2.97. The molecule has 2 aromatic heterocycles. The molecule has 0 atom stereocenters. The largest absolute Gasteiger partial charge is 0.494 e. The van der Waals surface area contributed by atoms with Gasteiger partial charge in [-0.15, -0.1) is 0 Å².